The molecule has 2 aromatic rings. The maximum absolute atomic E-state index is 14.2. The van der Waals surface area contributed by atoms with Crippen molar-refractivity contribution in [2.24, 2.45) is 7.05 Å². The molecule has 108 valence electrons. The zero-order chi connectivity index (χ0) is 14.9. The fraction of sp³-hybridized carbons (Fsp3) is 0.333. The molecule has 0 radical (unpaired) electrons. The van der Waals surface area contributed by atoms with E-state index in [-0.39, 0.29) is 5.56 Å². The minimum atomic E-state index is -0.678. The molecule has 2 rings (SSSR count). The van der Waals surface area contributed by atoms with Gasteiger partial charge in [-0.3, -0.25) is 0 Å². The molecular formula is C12H12Br2F2N4. The van der Waals surface area contributed by atoms with Gasteiger partial charge in [0.05, 0.1) is 11.7 Å². The summed E-state index contributed by atoms with van der Waals surface area (Å²) in [7, 11) is 1.67. The highest BCUT2D eigenvalue weighted by Crippen LogP contribution is 2.31. The summed E-state index contributed by atoms with van der Waals surface area (Å²) in [5.74, 6) is -1.26. The highest BCUT2D eigenvalue weighted by molar-refractivity contribution is 9.10. The highest BCUT2D eigenvalue weighted by atomic mass is 79.9. The van der Waals surface area contributed by atoms with Crippen molar-refractivity contribution in [1.29, 1.82) is 0 Å². The van der Waals surface area contributed by atoms with Crippen LogP contribution in [0.3, 0.4) is 0 Å². The lowest BCUT2D eigenvalue weighted by atomic mass is 10.0. The number of aromatic nitrogens is 3. The Labute approximate surface area is 131 Å². The third kappa shape index (κ3) is 2.91. The summed E-state index contributed by atoms with van der Waals surface area (Å²) in [5, 5.41) is 10.8. The quantitative estimate of drug-likeness (QED) is 0.842. The van der Waals surface area contributed by atoms with Crippen LogP contribution in [-0.4, -0.2) is 21.5 Å². The average molecular weight is 410 g/mol. The van der Waals surface area contributed by atoms with Gasteiger partial charge in [0.2, 0.25) is 0 Å². The molecule has 20 heavy (non-hydrogen) atoms. The van der Waals surface area contributed by atoms with Crippen molar-refractivity contribution in [2.45, 2.75) is 13.0 Å². The number of nitrogens with zero attached hydrogens (tertiary/aromatic N) is 3. The molecule has 0 fully saturated rings. The first-order valence-electron chi connectivity index (χ1n) is 5.88. The number of aryl methyl sites for hydroxylation is 1. The fourth-order valence-electron chi connectivity index (χ4n) is 2.01. The van der Waals surface area contributed by atoms with Gasteiger partial charge in [0.15, 0.2) is 4.60 Å². The largest absolute Gasteiger partial charge is 0.305 e. The van der Waals surface area contributed by atoms with Gasteiger partial charge >= 0.3 is 0 Å². The summed E-state index contributed by atoms with van der Waals surface area (Å²) >= 11 is 6.33. The Morgan fingerprint density at radius 2 is 1.90 bits per heavy atom. The van der Waals surface area contributed by atoms with E-state index >= 15 is 0 Å². The Bertz CT molecular complexity index is 587. The van der Waals surface area contributed by atoms with Gasteiger partial charge in [-0.15, -0.1) is 5.10 Å². The molecule has 1 heterocycles. The van der Waals surface area contributed by atoms with Crippen molar-refractivity contribution in [2.75, 3.05) is 6.54 Å². The Morgan fingerprint density at radius 1 is 1.30 bits per heavy atom. The van der Waals surface area contributed by atoms with Crippen LogP contribution >= 0.6 is 31.9 Å². The van der Waals surface area contributed by atoms with Crippen molar-refractivity contribution < 1.29 is 8.78 Å². The van der Waals surface area contributed by atoms with Gasteiger partial charge in [-0.05, 0) is 34.6 Å². The molecule has 1 unspecified atom stereocenters. The molecule has 1 N–H and O–H groups in total. The van der Waals surface area contributed by atoms with E-state index < -0.39 is 17.7 Å². The van der Waals surface area contributed by atoms with Gasteiger partial charge < -0.3 is 5.32 Å². The lowest BCUT2D eigenvalue weighted by Crippen LogP contribution is -2.26. The van der Waals surface area contributed by atoms with Crippen LogP contribution in [0.15, 0.2) is 21.2 Å². The van der Waals surface area contributed by atoms with Gasteiger partial charge in [-0.1, -0.05) is 28.1 Å². The number of nitrogens with one attached hydrogen (secondary N) is 1. The lowest BCUT2D eigenvalue weighted by Gasteiger charge is -2.20. The Hall–Kier alpha value is -0.860. The second kappa shape index (κ2) is 6.28. The van der Waals surface area contributed by atoms with Crippen molar-refractivity contribution in [3.8, 4) is 0 Å². The summed E-state index contributed by atoms with van der Waals surface area (Å²) in [6, 6.07) is 1.79. The predicted molar refractivity (Wildman–Crippen MR) is 78.3 cm³/mol. The number of halogens is 4. The summed E-state index contributed by atoms with van der Waals surface area (Å²) in [6.45, 7) is 2.40. The van der Waals surface area contributed by atoms with Gasteiger partial charge in [0, 0.05) is 17.1 Å². The number of hydrogen-bond donors (Lipinski definition) is 1. The first-order valence-corrected chi connectivity index (χ1v) is 7.47. The average Bonchev–Trinajstić information content (AvgIpc) is 2.67. The Kier molecular flexibility index (Phi) is 4.87. The van der Waals surface area contributed by atoms with E-state index in [4.69, 9.17) is 0 Å². The minimum Gasteiger partial charge on any atom is -0.305 e. The molecule has 1 aromatic heterocycles. The molecular weight excluding hydrogens is 398 g/mol. The number of rotatable bonds is 4. The van der Waals surface area contributed by atoms with Crippen molar-refractivity contribution >= 4 is 31.9 Å². The van der Waals surface area contributed by atoms with Gasteiger partial charge in [0.25, 0.3) is 0 Å². The molecule has 0 amide bonds. The van der Waals surface area contributed by atoms with Crippen LogP contribution in [0.1, 0.15) is 24.2 Å². The van der Waals surface area contributed by atoms with Crippen molar-refractivity contribution in [3.63, 3.8) is 0 Å². The fourth-order valence-corrected chi connectivity index (χ4v) is 2.97. The zero-order valence-electron chi connectivity index (χ0n) is 10.8. The second-order valence-corrected chi connectivity index (χ2v) is 5.83. The normalized spacial score (nSPS) is 12.7. The van der Waals surface area contributed by atoms with Crippen LogP contribution in [0.2, 0.25) is 0 Å². The summed E-state index contributed by atoms with van der Waals surface area (Å²) in [5.41, 5.74) is 0.508. The molecule has 0 bridgehead atoms. The molecule has 0 saturated heterocycles. The summed E-state index contributed by atoms with van der Waals surface area (Å²) in [4.78, 5) is 0. The molecule has 4 nitrogen and oxygen atoms in total. The van der Waals surface area contributed by atoms with E-state index in [1.807, 2.05) is 6.92 Å². The SMILES string of the molecule is CCNC(c1c(F)cc(Br)cc1F)c1c(Br)nnn1C. The lowest BCUT2D eigenvalue weighted by molar-refractivity contribution is 0.491. The second-order valence-electron chi connectivity index (χ2n) is 4.16. The van der Waals surface area contributed by atoms with Crippen molar-refractivity contribution in [1.82, 2.24) is 20.3 Å². The highest BCUT2D eigenvalue weighted by Gasteiger charge is 2.27. The third-order valence-electron chi connectivity index (χ3n) is 2.84. The zero-order valence-corrected chi connectivity index (χ0v) is 14.0. The third-order valence-corrected chi connectivity index (χ3v) is 3.86. The minimum absolute atomic E-state index is 0.0545. The van der Waals surface area contributed by atoms with Gasteiger partial charge in [0.1, 0.15) is 11.6 Å². The van der Waals surface area contributed by atoms with E-state index in [0.717, 1.165) is 0 Å². The van der Waals surface area contributed by atoms with E-state index in [2.05, 4.69) is 47.5 Å². The van der Waals surface area contributed by atoms with Gasteiger partial charge in [-0.25, -0.2) is 13.5 Å². The van der Waals surface area contributed by atoms with Crippen LogP contribution in [0.4, 0.5) is 8.78 Å². The van der Waals surface area contributed by atoms with E-state index in [0.29, 0.717) is 21.3 Å². The molecule has 0 spiro atoms. The molecule has 8 heteroatoms. The summed E-state index contributed by atoms with van der Waals surface area (Å²) < 4.78 is 30.6. The molecule has 0 saturated carbocycles. The molecule has 0 aliphatic carbocycles. The van der Waals surface area contributed by atoms with E-state index in [9.17, 15) is 8.78 Å². The maximum atomic E-state index is 14.2. The number of benzene rings is 1. The first-order chi connectivity index (χ1) is 9.45. The van der Waals surface area contributed by atoms with Gasteiger partial charge in [-0.2, -0.15) is 0 Å². The molecule has 0 aliphatic heterocycles. The number of hydrogen-bond acceptors (Lipinski definition) is 3. The van der Waals surface area contributed by atoms with Crippen LogP contribution < -0.4 is 5.32 Å². The van der Waals surface area contributed by atoms with Crippen LogP contribution in [0.5, 0.6) is 0 Å². The maximum Gasteiger partial charge on any atom is 0.153 e. The monoisotopic (exact) mass is 408 g/mol. The van der Waals surface area contributed by atoms with E-state index in [1.165, 1.54) is 16.8 Å². The first kappa shape index (κ1) is 15.5. The van der Waals surface area contributed by atoms with Crippen LogP contribution in [0.25, 0.3) is 0 Å². The van der Waals surface area contributed by atoms with Crippen LogP contribution in [0, 0.1) is 11.6 Å². The topological polar surface area (TPSA) is 42.7 Å². The smallest absolute Gasteiger partial charge is 0.153 e. The van der Waals surface area contributed by atoms with Crippen molar-refractivity contribution in [3.05, 3.63) is 44.1 Å². The summed E-state index contributed by atoms with van der Waals surface area (Å²) in [6.07, 6.45) is 0. The Balaban J connectivity index is 2.61. The standard InChI is InChI=1S/C12H12Br2F2N4/c1-3-17-10(11-12(14)18-19-20(11)2)9-7(15)4-6(13)5-8(9)16/h4-5,10,17H,3H2,1-2H3. The van der Waals surface area contributed by atoms with E-state index in [1.54, 1.807) is 7.05 Å². The Morgan fingerprint density at radius 3 is 2.35 bits per heavy atom. The molecule has 1 atom stereocenters. The predicted octanol–water partition coefficient (Wildman–Crippen LogP) is 3.32. The molecule has 0 aliphatic rings. The van der Waals surface area contributed by atoms with Crippen LogP contribution in [-0.2, 0) is 7.05 Å². The molecule has 1 aromatic carbocycles.